The van der Waals surface area contributed by atoms with Gasteiger partial charge in [-0.05, 0) is 67.6 Å². The van der Waals surface area contributed by atoms with Gasteiger partial charge in [-0.15, -0.1) is 0 Å². The first-order valence-electron chi connectivity index (χ1n) is 11.8. The number of unbranched alkanes of at least 4 members (excludes halogenated alkanes) is 1. The molecular weight excluding hydrogens is 370 g/mol. The molecule has 2 aromatic rings. The average molecular weight is 408 g/mol. The predicted molar refractivity (Wildman–Crippen MR) is 125 cm³/mol. The molecule has 162 valence electrons. The van der Waals surface area contributed by atoms with Crippen LogP contribution in [0.1, 0.15) is 37.3 Å². The van der Waals surface area contributed by atoms with Crippen LogP contribution in [-0.2, 0) is 12.8 Å². The summed E-state index contributed by atoms with van der Waals surface area (Å²) in [6.07, 6.45) is 5.97. The van der Waals surface area contributed by atoms with Crippen molar-refractivity contribution in [2.24, 2.45) is 0 Å². The van der Waals surface area contributed by atoms with Gasteiger partial charge in [0.2, 0.25) is 0 Å². The summed E-state index contributed by atoms with van der Waals surface area (Å²) < 4.78 is 0. The maximum Gasteiger partial charge on any atom is 0.115 e. The van der Waals surface area contributed by atoms with Crippen LogP contribution in [0.5, 0.6) is 5.75 Å². The Bertz CT molecular complexity index is 786. The van der Waals surface area contributed by atoms with Crippen molar-refractivity contribution in [2.45, 2.75) is 45.1 Å². The number of phenolic OH excluding ortho intramolecular Hbond substituents is 1. The van der Waals surface area contributed by atoms with Gasteiger partial charge in [-0.3, -0.25) is 9.80 Å². The van der Waals surface area contributed by atoms with Crippen LogP contribution >= 0.6 is 0 Å². The third kappa shape index (κ3) is 5.35. The number of anilines is 1. The monoisotopic (exact) mass is 407 g/mol. The van der Waals surface area contributed by atoms with E-state index in [2.05, 4.69) is 58.0 Å². The lowest BCUT2D eigenvalue weighted by atomic mass is 9.87. The first-order valence-corrected chi connectivity index (χ1v) is 11.8. The van der Waals surface area contributed by atoms with Crippen LogP contribution in [-0.4, -0.2) is 66.8 Å². The van der Waals surface area contributed by atoms with E-state index in [1.54, 1.807) is 0 Å². The van der Waals surface area contributed by atoms with Crippen molar-refractivity contribution in [2.75, 3.05) is 50.7 Å². The number of rotatable bonds is 8. The molecule has 4 heteroatoms. The highest BCUT2D eigenvalue weighted by atomic mass is 16.3. The highest BCUT2D eigenvalue weighted by molar-refractivity contribution is 5.46. The first-order chi connectivity index (χ1) is 14.7. The predicted octanol–water partition coefficient (Wildman–Crippen LogP) is 4.17. The smallest absolute Gasteiger partial charge is 0.115 e. The summed E-state index contributed by atoms with van der Waals surface area (Å²) in [5, 5.41) is 9.91. The number of nitrogens with zero attached hydrogens (tertiary/aromatic N) is 3. The molecule has 1 fully saturated rings. The minimum atomic E-state index is 0.408. The first kappa shape index (κ1) is 21.2. The molecule has 1 aliphatic heterocycles. The number of aromatic hydroxyl groups is 1. The van der Waals surface area contributed by atoms with Gasteiger partial charge in [-0.2, -0.15) is 0 Å². The number of phenols is 1. The Hall–Kier alpha value is -2.04. The molecule has 0 bridgehead atoms. The molecule has 0 radical (unpaired) electrons. The van der Waals surface area contributed by atoms with Gasteiger partial charge in [0.15, 0.2) is 0 Å². The molecule has 1 saturated heterocycles. The van der Waals surface area contributed by atoms with Crippen LogP contribution in [0.4, 0.5) is 5.69 Å². The van der Waals surface area contributed by atoms with E-state index in [-0.39, 0.29) is 0 Å². The molecule has 1 atom stereocenters. The van der Waals surface area contributed by atoms with Gasteiger partial charge >= 0.3 is 0 Å². The maximum absolute atomic E-state index is 9.91. The van der Waals surface area contributed by atoms with Crippen LogP contribution < -0.4 is 4.90 Å². The van der Waals surface area contributed by atoms with E-state index in [1.165, 1.54) is 42.6 Å². The SMILES string of the molecule is CCCCN(CCN1CCN(c2ccccc2)CC1)[C@@H]1CCc2ccc(O)cc2C1. The zero-order valence-corrected chi connectivity index (χ0v) is 18.5. The van der Waals surface area contributed by atoms with E-state index in [1.807, 2.05) is 12.1 Å². The highest BCUT2D eigenvalue weighted by Crippen LogP contribution is 2.28. The van der Waals surface area contributed by atoms with Crippen LogP contribution in [0.2, 0.25) is 0 Å². The van der Waals surface area contributed by atoms with Crippen molar-refractivity contribution >= 4 is 5.69 Å². The van der Waals surface area contributed by atoms with Crippen LogP contribution in [0, 0.1) is 0 Å². The maximum atomic E-state index is 9.91. The third-order valence-electron chi connectivity index (χ3n) is 6.90. The van der Waals surface area contributed by atoms with Crippen molar-refractivity contribution in [1.29, 1.82) is 0 Å². The Morgan fingerprint density at radius 3 is 2.53 bits per heavy atom. The normalized spacial score (nSPS) is 19.8. The lowest BCUT2D eigenvalue weighted by Crippen LogP contribution is -2.50. The average Bonchev–Trinajstić information content (AvgIpc) is 2.79. The zero-order valence-electron chi connectivity index (χ0n) is 18.5. The minimum Gasteiger partial charge on any atom is -0.508 e. The van der Waals surface area contributed by atoms with E-state index in [4.69, 9.17) is 0 Å². The van der Waals surface area contributed by atoms with Crippen LogP contribution in [0.15, 0.2) is 48.5 Å². The molecular formula is C26H37N3O. The van der Waals surface area contributed by atoms with E-state index in [0.717, 1.165) is 52.1 Å². The largest absolute Gasteiger partial charge is 0.508 e. The summed E-state index contributed by atoms with van der Waals surface area (Å²) in [5.74, 6) is 0.408. The Morgan fingerprint density at radius 2 is 1.77 bits per heavy atom. The number of fused-ring (bicyclic) bond motifs is 1. The standard InChI is InChI=1S/C26H37N3O/c1-2-3-13-28(25-11-9-22-10-12-26(30)21-23(22)20-25)17-14-27-15-18-29(19-16-27)24-7-5-4-6-8-24/h4-8,10,12,21,25,30H,2-3,9,11,13-20H2,1H3/t25-/m1/s1. The van der Waals surface area contributed by atoms with Crippen molar-refractivity contribution < 1.29 is 5.11 Å². The Morgan fingerprint density at radius 1 is 0.967 bits per heavy atom. The Labute approximate surface area is 182 Å². The second kappa shape index (κ2) is 10.3. The van der Waals surface area contributed by atoms with Gasteiger partial charge < -0.3 is 10.0 Å². The quantitative estimate of drug-likeness (QED) is 0.711. The summed E-state index contributed by atoms with van der Waals surface area (Å²) in [7, 11) is 0. The van der Waals surface area contributed by atoms with Gasteiger partial charge in [0, 0.05) is 51.0 Å². The molecule has 1 aliphatic carbocycles. The third-order valence-corrected chi connectivity index (χ3v) is 6.90. The molecule has 0 amide bonds. The van der Waals surface area contributed by atoms with E-state index >= 15 is 0 Å². The van der Waals surface area contributed by atoms with Crippen LogP contribution in [0.25, 0.3) is 0 Å². The van der Waals surface area contributed by atoms with Gasteiger partial charge in [-0.25, -0.2) is 0 Å². The molecule has 2 aliphatic rings. The number of para-hydroxylation sites is 1. The molecule has 0 saturated carbocycles. The lowest BCUT2D eigenvalue weighted by Gasteiger charge is -2.39. The summed E-state index contributed by atoms with van der Waals surface area (Å²) >= 11 is 0. The fraction of sp³-hybridized carbons (Fsp3) is 0.538. The highest BCUT2D eigenvalue weighted by Gasteiger charge is 2.25. The molecule has 0 unspecified atom stereocenters. The van der Waals surface area contributed by atoms with E-state index in [9.17, 15) is 5.11 Å². The topological polar surface area (TPSA) is 30.0 Å². The van der Waals surface area contributed by atoms with Crippen molar-refractivity contribution in [3.63, 3.8) is 0 Å². The summed E-state index contributed by atoms with van der Waals surface area (Å²) in [5.41, 5.74) is 4.13. The van der Waals surface area contributed by atoms with Crippen molar-refractivity contribution in [3.8, 4) is 5.75 Å². The van der Waals surface area contributed by atoms with Gasteiger partial charge in [0.25, 0.3) is 0 Å². The Balaban J connectivity index is 1.31. The molecule has 2 aromatic carbocycles. The van der Waals surface area contributed by atoms with E-state index < -0.39 is 0 Å². The minimum absolute atomic E-state index is 0.408. The summed E-state index contributed by atoms with van der Waals surface area (Å²) in [6.45, 7) is 10.3. The number of hydrogen-bond donors (Lipinski definition) is 1. The fourth-order valence-corrected chi connectivity index (χ4v) is 5.01. The van der Waals surface area contributed by atoms with Gasteiger partial charge in [-0.1, -0.05) is 37.6 Å². The summed E-state index contributed by atoms with van der Waals surface area (Å²) in [6, 6.07) is 17.4. The van der Waals surface area contributed by atoms with Crippen molar-refractivity contribution in [3.05, 3.63) is 59.7 Å². The molecule has 4 nitrogen and oxygen atoms in total. The molecule has 1 N–H and O–H groups in total. The second-order valence-corrected chi connectivity index (χ2v) is 8.90. The van der Waals surface area contributed by atoms with E-state index in [0.29, 0.717) is 11.8 Å². The molecule has 0 spiro atoms. The summed E-state index contributed by atoms with van der Waals surface area (Å²) in [4.78, 5) is 7.89. The Kier molecular flexibility index (Phi) is 7.29. The lowest BCUT2D eigenvalue weighted by molar-refractivity contribution is 0.144. The number of aryl methyl sites for hydroxylation is 1. The number of hydrogen-bond acceptors (Lipinski definition) is 4. The fourth-order valence-electron chi connectivity index (χ4n) is 5.01. The zero-order chi connectivity index (χ0) is 20.8. The molecule has 4 rings (SSSR count). The molecule has 0 aromatic heterocycles. The number of piperazine rings is 1. The van der Waals surface area contributed by atoms with Crippen LogP contribution in [0.3, 0.4) is 0 Å². The van der Waals surface area contributed by atoms with Gasteiger partial charge in [0.1, 0.15) is 5.75 Å². The molecule has 30 heavy (non-hydrogen) atoms. The number of benzene rings is 2. The molecule has 1 heterocycles. The van der Waals surface area contributed by atoms with Crippen molar-refractivity contribution in [1.82, 2.24) is 9.80 Å². The second-order valence-electron chi connectivity index (χ2n) is 8.90. The van der Waals surface area contributed by atoms with Gasteiger partial charge in [0.05, 0.1) is 0 Å².